The maximum Gasteiger partial charge on any atom is 0.124 e. The molecule has 3 nitrogen and oxygen atoms in total. The van der Waals surface area contributed by atoms with Crippen molar-refractivity contribution in [2.75, 3.05) is 0 Å². The van der Waals surface area contributed by atoms with Crippen molar-refractivity contribution in [1.82, 2.24) is 9.97 Å². The second-order valence-corrected chi connectivity index (χ2v) is 5.08. The number of imidazole rings is 1. The minimum absolute atomic E-state index is 0.439. The number of hydrogen-bond donors (Lipinski definition) is 1. The summed E-state index contributed by atoms with van der Waals surface area (Å²) < 4.78 is 0.959. The van der Waals surface area contributed by atoms with Crippen molar-refractivity contribution in [1.29, 1.82) is 0 Å². The van der Waals surface area contributed by atoms with Crippen LogP contribution in [0.25, 0.3) is 11.0 Å². The van der Waals surface area contributed by atoms with Gasteiger partial charge in [0.15, 0.2) is 0 Å². The van der Waals surface area contributed by atoms with Crippen molar-refractivity contribution >= 4 is 33.2 Å². The molecule has 2 aromatic rings. The standard InChI is InChI=1S/C12H11BrN2O/c13-9-6-11-10(5-8(9)3-4-16)14-12(15-11)7-1-2-7/h4-7H,1-3H2,(H,14,15). The second kappa shape index (κ2) is 3.70. The van der Waals surface area contributed by atoms with Crippen LogP contribution in [0, 0.1) is 0 Å². The van der Waals surface area contributed by atoms with E-state index in [4.69, 9.17) is 0 Å². The highest BCUT2D eigenvalue weighted by atomic mass is 79.9. The van der Waals surface area contributed by atoms with E-state index >= 15 is 0 Å². The molecular weight excluding hydrogens is 268 g/mol. The van der Waals surface area contributed by atoms with E-state index in [1.807, 2.05) is 12.1 Å². The quantitative estimate of drug-likeness (QED) is 0.878. The Hall–Kier alpha value is -1.16. The molecule has 0 unspecified atom stereocenters. The number of aldehydes is 1. The number of nitrogens with zero attached hydrogens (tertiary/aromatic N) is 1. The summed E-state index contributed by atoms with van der Waals surface area (Å²) >= 11 is 3.47. The molecule has 1 heterocycles. The van der Waals surface area contributed by atoms with Crippen LogP contribution in [0.5, 0.6) is 0 Å². The molecule has 1 aromatic carbocycles. The summed E-state index contributed by atoms with van der Waals surface area (Å²) in [5.74, 6) is 1.71. The molecule has 0 atom stereocenters. The fourth-order valence-corrected chi connectivity index (χ4v) is 2.39. The molecule has 1 N–H and O–H groups in total. The number of nitrogens with one attached hydrogen (secondary N) is 1. The molecule has 0 aliphatic heterocycles. The first-order valence-electron chi connectivity index (χ1n) is 5.39. The van der Waals surface area contributed by atoms with Crippen LogP contribution in [0.3, 0.4) is 0 Å². The third-order valence-corrected chi connectivity index (χ3v) is 3.67. The number of benzene rings is 1. The number of carbonyl (C=O) groups is 1. The Morgan fingerprint density at radius 1 is 1.50 bits per heavy atom. The van der Waals surface area contributed by atoms with Crippen LogP contribution in [0.1, 0.15) is 30.1 Å². The van der Waals surface area contributed by atoms with Gasteiger partial charge in [0, 0.05) is 16.8 Å². The second-order valence-electron chi connectivity index (χ2n) is 4.23. The first-order valence-corrected chi connectivity index (χ1v) is 6.19. The number of aromatic amines is 1. The molecule has 0 bridgehead atoms. The average Bonchev–Trinajstić information content (AvgIpc) is 3.02. The Labute approximate surface area is 101 Å². The smallest absolute Gasteiger partial charge is 0.124 e. The molecule has 4 heteroatoms. The zero-order valence-corrected chi connectivity index (χ0v) is 10.3. The molecule has 1 aliphatic rings. The number of carbonyl (C=O) groups excluding carboxylic acids is 1. The molecule has 0 radical (unpaired) electrons. The fourth-order valence-electron chi connectivity index (χ4n) is 1.89. The zero-order valence-electron chi connectivity index (χ0n) is 8.66. The van der Waals surface area contributed by atoms with E-state index in [0.29, 0.717) is 12.3 Å². The summed E-state index contributed by atoms with van der Waals surface area (Å²) in [6, 6.07) is 3.99. The maximum absolute atomic E-state index is 10.5. The van der Waals surface area contributed by atoms with E-state index in [1.54, 1.807) is 0 Å². The van der Waals surface area contributed by atoms with Gasteiger partial charge in [0.25, 0.3) is 0 Å². The summed E-state index contributed by atoms with van der Waals surface area (Å²) in [7, 11) is 0. The van der Waals surface area contributed by atoms with E-state index in [9.17, 15) is 4.79 Å². The van der Waals surface area contributed by atoms with Gasteiger partial charge >= 0.3 is 0 Å². The summed E-state index contributed by atoms with van der Waals surface area (Å²) in [4.78, 5) is 18.4. The van der Waals surface area contributed by atoms with Crippen molar-refractivity contribution in [3.63, 3.8) is 0 Å². The van der Waals surface area contributed by atoms with Gasteiger partial charge in [0.2, 0.25) is 0 Å². The third-order valence-electron chi connectivity index (χ3n) is 2.94. The van der Waals surface area contributed by atoms with Gasteiger partial charge in [0.1, 0.15) is 12.1 Å². The molecule has 16 heavy (non-hydrogen) atoms. The van der Waals surface area contributed by atoms with Gasteiger partial charge in [-0.15, -0.1) is 0 Å². The summed E-state index contributed by atoms with van der Waals surface area (Å²) in [5.41, 5.74) is 3.01. The van der Waals surface area contributed by atoms with Gasteiger partial charge in [-0.2, -0.15) is 0 Å². The molecule has 0 amide bonds. The first-order chi connectivity index (χ1) is 7.78. The van der Waals surface area contributed by atoms with Crippen LogP contribution < -0.4 is 0 Å². The van der Waals surface area contributed by atoms with Gasteiger partial charge in [-0.1, -0.05) is 15.9 Å². The van der Waals surface area contributed by atoms with Crippen LogP contribution in [-0.4, -0.2) is 16.3 Å². The molecule has 0 saturated heterocycles. The van der Waals surface area contributed by atoms with Crippen LogP contribution >= 0.6 is 15.9 Å². The molecule has 1 aromatic heterocycles. The molecule has 1 fully saturated rings. The van der Waals surface area contributed by atoms with E-state index in [2.05, 4.69) is 25.9 Å². The van der Waals surface area contributed by atoms with Gasteiger partial charge in [-0.05, 0) is 30.5 Å². The SMILES string of the molecule is O=CCc1cc2[nH]c(C3CC3)nc2cc1Br. The van der Waals surface area contributed by atoms with Gasteiger partial charge in [-0.25, -0.2) is 4.98 Å². The van der Waals surface area contributed by atoms with Crippen molar-refractivity contribution in [3.05, 3.63) is 28.0 Å². The van der Waals surface area contributed by atoms with Crippen molar-refractivity contribution < 1.29 is 4.79 Å². The van der Waals surface area contributed by atoms with E-state index < -0.39 is 0 Å². The Morgan fingerprint density at radius 3 is 3.00 bits per heavy atom. The monoisotopic (exact) mass is 278 g/mol. The lowest BCUT2D eigenvalue weighted by atomic mass is 10.1. The van der Waals surface area contributed by atoms with Crippen molar-refractivity contribution in [2.45, 2.75) is 25.2 Å². The Kier molecular flexibility index (Phi) is 2.32. The third kappa shape index (κ3) is 1.67. The highest BCUT2D eigenvalue weighted by Crippen LogP contribution is 2.39. The molecule has 1 aliphatic carbocycles. The van der Waals surface area contributed by atoms with E-state index in [-0.39, 0.29) is 0 Å². The van der Waals surface area contributed by atoms with Crippen molar-refractivity contribution in [3.8, 4) is 0 Å². The Bertz CT molecular complexity index is 557. The largest absolute Gasteiger partial charge is 0.342 e. The van der Waals surface area contributed by atoms with Crippen LogP contribution in [0.15, 0.2) is 16.6 Å². The number of rotatable bonds is 3. The molecule has 3 rings (SSSR count). The summed E-state index contributed by atoms with van der Waals surface area (Å²) in [6.45, 7) is 0. The lowest BCUT2D eigenvalue weighted by Crippen LogP contribution is -1.87. The van der Waals surface area contributed by atoms with Crippen molar-refractivity contribution in [2.24, 2.45) is 0 Å². The molecule has 1 saturated carbocycles. The number of halogens is 1. The van der Waals surface area contributed by atoms with Crippen LogP contribution in [-0.2, 0) is 11.2 Å². The van der Waals surface area contributed by atoms with E-state index in [0.717, 1.165) is 33.2 Å². The van der Waals surface area contributed by atoms with Gasteiger partial charge in [-0.3, -0.25) is 0 Å². The number of H-pyrrole nitrogens is 1. The highest BCUT2D eigenvalue weighted by Gasteiger charge is 2.26. The van der Waals surface area contributed by atoms with E-state index in [1.165, 1.54) is 12.8 Å². The van der Waals surface area contributed by atoms with Crippen LogP contribution in [0.2, 0.25) is 0 Å². The predicted octanol–water partition coefficient (Wildman–Crippen LogP) is 2.94. The first kappa shape index (κ1) is 10.0. The highest BCUT2D eigenvalue weighted by molar-refractivity contribution is 9.10. The minimum atomic E-state index is 0.439. The topological polar surface area (TPSA) is 45.8 Å². The maximum atomic E-state index is 10.5. The summed E-state index contributed by atoms with van der Waals surface area (Å²) in [6.07, 6.45) is 3.84. The number of aromatic nitrogens is 2. The Morgan fingerprint density at radius 2 is 2.31 bits per heavy atom. The van der Waals surface area contributed by atoms with Crippen LogP contribution in [0.4, 0.5) is 0 Å². The lowest BCUT2D eigenvalue weighted by molar-refractivity contribution is -0.107. The Balaban J connectivity index is 2.11. The number of hydrogen-bond acceptors (Lipinski definition) is 2. The average molecular weight is 279 g/mol. The zero-order chi connectivity index (χ0) is 11.1. The lowest BCUT2D eigenvalue weighted by Gasteiger charge is -1.99. The summed E-state index contributed by atoms with van der Waals surface area (Å²) in [5, 5.41) is 0. The molecule has 82 valence electrons. The fraction of sp³-hybridized carbons (Fsp3) is 0.333. The van der Waals surface area contributed by atoms with Gasteiger partial charge in [0.05, 0.1) is 11.0 Å². The number of fused-ring (bicyclic) bond motifs is 1. The molecular formula is C12H11BrN2O. The normalized spacial score (nSPS) is 15.6. The predicted molar refractivity (Wildman–Crippen MR) is 65.5 cm³/mol. The minimum Gasteiger partial charge on any atom is -0.342 e. The van der Waals surface area contributed by atoms with Gasteiger partial charge < -0.3 is 9.78 Å². The molecule has 0 spiro atoms.